The van der Waals surface area contributed by atoms with Gasteiger partial charge in [0.2, 0.25) is 15.9 Å². The highest BCUT2D eigenvalue weighted by atomic mass is 32.2. The van der Waals surface area contributed by atoms with Crippen molar-refractivity contribution in [2.24, 2.45) is 0 Å². The minimum absolute atomic E-state index is 0.194. The van der Waals surface area contributed by atoms with Gasteiger partial charge < -0.3 is 10.6 Å². The van der Waals surface area contributed by atoms with E-state index in [2.05, 4.69) is 15.6 Å². The Kier molecular flexibility index (Phi) is 7.34. The number of benzene rings is 2. The molecule has 8 nitrogen and oxygen atoms in total. The number of nitrogens with zero attached hydrogens (tertiary/aromatic N) is 2. The molecule has 1 saturated heterocycles. The maximum Gasteiger partial charge on any atom is 0.255 e. The van der Waals surface area contributed by atoms with E-state index in [1.165, 1.54) is 4.31 Å². The maximum absolute atomic E-state index is 12.6. The second kappa shape index (κ2) is 10.6. The van der Waals surface area contributed by atoms with Gasteiger partial charge in [-0.1, -0.05) is 18.2 Å². The van der Waals surface area contributed by atoms with Crippen molar-refractivity contribution in [3.8, 4) is 0 Å². The number of aromatic nitrogens is 1. The maximum atomic E-state index is 12.6. The third kappa shape index (κ3) is 5.86. The average Bonchev–Trinajstić information content (AvgIpc) is 3.40. The first-order chi connectivity index (χ1) is 16.4. The first kappa shape index (κ1) is 23.6. The zero-order valence-electron chi connectivity index (χ0n) is 18.6. The number of rotatable bonds is 8. The molecule has 0 saturated carbocycles. The summed E-state index contributed by atoms with van der Waals surface area (Å²) in [5.41, 5.74) is 2.46. The number of hydrogen-bond donors (Lipinski definition) is 2. The number of anilines is 2. The second-order valence-electron chi connectivity index (χ2n) is 8.07. The molecule has 34 heavy (non-hydrogen) atoms. The van der Waals surface area contributed by atoms with Crippen LogP contribution < -0.4 is 10.6 Å². The molecule has 4 rings (SSSR count). The molecule has 2 heterocycles. The molecule has 1 fully saturated rings. The van der Waals surface area contributed by atoms with Crippen LogP contribution in [0, 0.1) is 0 Å². The summed E-state index contributed by atoms with van der Waals surface area (Å²) in [6.07, 6.45) is 5.66. The number of nitrogens with one attached hydrogen (secondary N) is 2. The fourth-order valence-corrected chi connectivity index (χ4v) is 5.28. The van der Waals surface area contributed by atoms with Gasteiger partial charge in [0.25, 0.3) is 5.91 Å². The van der Waals surface area contributed by atoms with Crippen molar-refractivity contribution >= 4 is 33.2 Å². The van der Waals surface area contributed by atoms with Gasteiger partial charge in [-0.05, 0) is 67.3 Å². The Morgan fingerprint density at radius 2 is 1.59 bits per heavy atom. The van der Waals surface area contributed by atoms with Crippen LogP contribution in [0.1, 0.15) is 35.2 Å². The lowest BCUT2D eigenvalue weighted by Crippen LogP contribution is -2.27. The predicted octanol–water partition coefficient (Wildman–Crippen LogP) is 3.69. The minimum atomic E-state index is -3.44. The van der Waals surface area contributed by atoms with Crippen molar-refractivity contribution in [2.45, 2.75) is 30.6 Å². The summed E-state index contributed by atoms with van der Waals surface area (Å²) < 4.78 is 26.8. The Morgan fingerprint density at radius 1 is 0.882 bits per heavy atom. The predicted molar refractivity (Wildman–Crippen MR) is 130 cm³/mol. The van der Waals surface area contributed by atoms with Gasteiger partial charge in [-0.15, -0.1) is 0 Å². The summed E-state index contributed by atoms with van der Waals surface area (Å²) in [5, 5.41) is 5.59. The summed E-state index contributed by atoms with van der Waals surface area (Å²) in [5.74, 6) is -0.480. The molecular formula is C25H26N4O4S. The van der Waals surface area contributed by atoms with Gasteiger partial charge in [0, 0.05) is 48.8 Å². The number of hydrogen-bond acceptors (Lipinski definition) is 5. The van der Waals surface area contributed by atoms with Crippen molar-refractivity contribution in [2.75, 3.05) is 23.7 Å². The van der Waals surface area contributed by atoms with Crippen LogP contribution in [0.15, 0.2) is 78.0 Å². The summed E-state index contributed by atoms with van der Waals surface area (Å²) in [6, 6.07) is 16.8. The highest BCUT2D eigenvalue weighted by molar-refractivity contribution is 7.89. The van der Waals surface area contributed by atoms with E-state index < -0.39 is 10.0 Å². The summed E-state index contributed by atoms with van der Waals surface area (Å²) in [4.78, 5) is 29.1. The molecule has 0 spiro atoms. The molecule has 1 aliphatic rings. The van der Waals surface area contributed by atoms with Crippen molar-refractivity contribution in [1.82, 2.24) is 9.29 Å². The second-order valence-corrected chi connectivity index (χ2v) is 10.0. The lowest BCUT2D eigenvalue weighted by Gasteiger charge is -2.15. The molecular weight excluding hydrogens is 452 g/mol. The lowest BCUT2D eigenvalue weighted by atomic mass is 10.1. The lowest BCUT2D eigenvalue weighted by molar-refractivity contribution is -0.116. The Hall–Kier alpha value is -3.56. The molecule has 0 bridgehead atoms. The normalized spacial score (nSPS) is 14.0. The smallest absolute Gasteiger partial charge is 0.255 e. The molecule has 0 unspecified atom stereocenters. The molecule has 9 heteroatoms. The molecule has 3 aromatic rings. The van der Waals surface area contributed by atoms with E-state index in [9.17, 15) is 18.0 Å². The van der Waals surface area contributed by atoms with Crippen LogP contribution in [0.25, 0.3) is 0 Å². The van der Waals surface area contributed by atoms with Gasteiger partial charge in [-0.3, -0.25) is 14.6 Å². The molecule has 2 aromatic carbocycles. The highest BCUT2D eigenvalue weighted by Gasteiger charge is 2.26. The third-order valence-electron chi connectivity index (χ3n) is 5.61. The number of aryl methyl sites for hydroxylation is 1. The fraction of sp³-hybridized carbons (Fsp3) is 0.240. The van der Waals surface area contributed by atoms with Gasteiger partial charge in [-0.2, -0.15) is 4.31 Å². The molecule has 0 atom stereocenters. The Bertz CT molecular complexity index is 1260. The van der Waals surface area contributed by atoms with Crippen LogP contribution in [-0.4, -0.2) is 42.6 Å². The highest BCUT2D eigenvalue weighted by Crippen LogP contribution is 2.21. The van der Waals surface area contributed by atoms with Crippen LogP contribution in [0.2, 0.25) is 0 Å². The van der Waals surface area contributed by atoms with Gasteiger partial charge in [0.15, 0.2) is 0 Å². The van der Waals surface area contributed by atoms with E-state index in [4.69, 9.17) is 0 Å². The topological polar surface area (TPSA) is 108 Å². The van der Waals surface area contributed by atoms with E-state index in [1.807, 2.05) is 0 Å². The molecule has 0 radical (unpaired) electrons. The Labute approximate surface area is 199 Å². The van der Waals surface area contributed by atoms with Crippen molar-refractivity contribution in [1.29, 1.82) is 0 Å². The van der Waals surface area contributed by atoms with Gasteiger partial charge in [0.1, 0.15) is 0 Å². The number of carbonyl (C=O) groups is 2. The quantitative estimate of drug-likeness (QED) is 0.513. The van der Waals surface area contributed by atoms with Crippen molar-refractivity contribution < 1.29 is 18.0 Å². The molecule has 2 amide bonds. The molecule has 0 aliphatic carbocycles. The zero-order valence-corrected chi connectivity index (χ0v) is 19.4. The zero-order chi connectivity index (χ0) is 24.0. The number of sulfonamides is 1. The number of carbonyl (C=O) groups excluding carboxylic acids is 2. The van der Waals surface area contributed by atoms with E-state index in [1.54, 1.807) is 73.1 Å². The van der Waals surface area contributed by atoms with Crippen molar-refractivity contribution in [3.63, 3.8) is 0 Å². The van der Waals surface area contributed by atoms with Crippen LogP contribution in [-0.2, 0) is 21.2 Å². The van der Waals surface area contributed by atoms with Gasteiger partial charge in [-0.25, -0.2) is 8.42 Å². The average molecular weight is 479 g/mol. The molecule has 176 valence electrons. The van der Waals surface area contributed by atoms with E-state index >= 15 is 0 Å². The number of amides is 2. The first-order valence-corrected chi connectivity index (χ1v) is 12.6. The van der Waals surface area contributed by atoms with Crippen LogP contribution in [0.5, 0.6) is 0 Å². The van der Waals surface area contributed by atoms with Gasteiger partial charge in [0.05, 0.1) is 4.90 Å². The van der Waals surface area contributed by atoms with Gasteiger partial charge >= 0.3 is 0 Å². The largest absolute Gasteiger partial charge is 0.326 e. The van der Waals surface area contributed by atoms with Crippen molar-refractivity contribution in [3.05, 3.63) is 84.2 Å². The number of pyridine rings is 1. The van der Waals surface area contributed by atoms with E-state index in [0.29, 0.717) is 36.4 Å². The minimum Gasteiger partial charge on any atom is -0.326 e. The molecule has 1 aliphatic heterocycles. The Morgan fingerprint density at radius 3 is 2.29 bits per heavy atom. The van der Waals surface area contributed by atoms with Crippen LogP contribution in [0.3, 0.4) is 0 Å². The fourth-order valence-electron chi connectivity index (χ4n) is 3.76. The summed E-state index contributed by atoms with van der Waals surface area (Å²) in [7, 11) is -3.44. The monoisotopic (exact) mass is 478 g/mol. The molecule has 1 aromatic heterocycles. The van der Waals surface area contributed by atoms with E-state index in [-0.39, 0.29) is 23.1 Å². The SMILES string of the molecule is O=C(CCc1ccc(S(=O)(=O)N2CCCC2)cc1)Nc1cccc(C(=O)Nc2ccncc2)c1. The summed E-state index contributed by atoms with van der Waals surface area (Å²) in [6.45, 7) is 1.13. The first-order valence-electron chi connectivity index (χ1n) is 11.1. The van der Waals surface area contributed by atoms with Crippen LogP contribution >= 0.6 is 0 Å². The van der Waals surface area contributed by atoms with E-state index in [0.717, 1.165) is 18.4 Å². The van der Waals surface area contributed by atoms with Crippen LogP contribution in [0.4, 0.5) is 11.4 Å². The standard InChI is InChI=1S/C25H26N4O4S/c30-24(11-8-19-6-9-23(10-7-19)34(32,33)29-16-1-2-17-29)27-22-5-3-4-20(18-22)25(31)28-21-12-14-26-15-13-21/h3-7,9-10,12-15,18H,1-2,8,11,16-17H2,(H,27,30)(H,26,28,31). The summed E-state index contributed by atoms with van der Waals surface area (Å²) >= 11 is 0. The molecule has 2 N–H and O–H groups in total. The Balaban J connectivity index is 1.31. The third-order valence-corrected chi connectivity index (χ3v) is 7.53.